The first-order chi connectivity index (χ1) is 11.2. The van der Waals surface area contributed by atoms with Crippen LogP contribution >= 0.6 is 34.8 Å². The fourth-order valence-corrected chi connectivity index (χ4v) is 2.69. The summed E-state index contributed by atoms with van der Waals surface area (Å²) in [5.74, 6) is -0.304. The molecule has 0 aliphatic carbocycles. The fraction of sp³-hybridized carbons (Fsp3) is 0.278. The summed E-state index contributed by atoms with van der Waals surface area (Å²) in [4.78, 5) is 12.5. The summed E-state index contributed by atoms with van der Waals surface area (Å²) in [6.07, 6.45) is -0.879. The normalized spacial score (nSPS) is 12.6. The Morgan fingerprint density at radius 1 is 1.00 bits per heavy atom. The molecule has 128 valence electrons. The van der Waals surface area contributed by atoms with Crippen LogP contribution in [0.25, 0.3) is 0 Å². The Morgan fingerprint density at radius 3 is 2.25 bits per heavy atom. The van der Waals surface area contributed by atoms with Gasteiger partial charge in [0.2, 0.25) is 3.79 Å². The van der Waals surface area contributed by atoms with Crippen LogP contribution in [0, 0.1) is 20.8 Å². The van der Waals surface area contributed by atoms with E-state index in [9.17, 15) is 4.79 Å². The van der Waals surface area contributed by atoms with Crippen LogP contribution in [-0.2, 0) is 0 Å². The van der Waals surface area contributed by atoms with Gasteiger partial charge in [-0.05, 0) is 44.0 Å². The number of alkyl halides is 3. The van der Waals surface area contributed by atoms with Crippen LogP contribution in [0.4, 0.5) is 5.69 Å². The SMILES string of the molecule is Cc1ccc(N[C@H](NC(=O)c2ccccc2C)C(Cl)(Cl)Cl)c(C)c1. The number of carbonyl (C=O) groups is 1. The van der Waals surface area contributed by atoms with Crippen LogP contribution in [0.1, 0.15) is 27.0 Å². The molecular formula is C18H19Cl3N2O. The molecule has 6 heteroatoms. The molecule has 0 aliphatic rings. The van der Waals surface area contributed by atoms with Crippen molar-refractivity contribution in [2.45, 2.75) is 30.7 Å². The van der Waals surface area contributed by atoms with Crippen molar-refractivity contribution in [1.29, 1.82) is 0 Å². The predicted octanol–water partition coefficient (Wildman–Crippen LogP) is 5.15. The van der Waals surface area contributed by atoms with Crippen molar-refractivity contribution in [2.75, 3.05) is 5.32 Å². The van der Waals surface area contributed by atoms with Gasteiger partial charge in [-0.25, -0.2) is 0 Å². The van der Waals surface area contributed by atoms with Gasteiger partial charge >= 0.3 is 0 Å². The van der Waals surface area contributed by atoms with Crippen LogP contribution in [0.2, 0.25) is 0 Å². The lowest BCUT2D eigenvalue weighted by molar-refractivity contribution is 0.0941. The molecule has 0 bridgehead atoms. The minimum absolute atomic E-state index is 0.304. The van der Waals surface area contributed by atoms with E-state index in [1.807, 2.05) is 51.1 Å². The molecule has 0 saturated heterocycles. The van der Waals surface area contributed by atoms with Gasteiger partial charge in [-0.2, -0.15) is 0 Å². The predicted molar refractivity (Wildman–Crippen MR) is 102 cm³/mol. The summed E-state index contributed by atoms with van der Waals surface area (Å²) in [7, 11) is 0. The highest BCUT2D eigenvalue weighted by atomic mass is 35.6. The molecule has 2 aromatic rings. The van der Waals surface area contributed by atoms with Gasteiger partial charge in [0.1, 0.15) is 6.17 Å². The highest BCUT2D eigenvalue weighted by molar-refractivity contribution is 6.68. The van der Waals surface area contributed by atoms with Crippen molar-refractivity contribution in [2.24, 2.45) is 0 Å². The first-order valence-corrected chi connectivity index (χ1v) is 8.59. The molecule has 2 aromatic carbocycles. The average molecular weight is 386 g/mol. The number of halogens is 3. The van der Waals surface area contributed by atoms with Crippen molar-refractivity contribution >= 4 is 46.4 Å². The number of anilines is 1. The number of aryl methyl sites for hydroxylation is 3. The summed E-state index contributed by atoms with van der Waals surface area (Å²) in [5, 5.41) is 5.87. The second kappa shape index (κ2) is 7.64. The number of hydrogen-bond donors (Lipinski definition) is 2. The maximum atomic E-state index is 12.5. The summed E-state index contributed by atoms with van der Waals surface area (Å²) in [6, 6.07) is 13.1. The van der Waals surface area contributed by atoms with Crippen molar-refractivity contribution in [1.82, 2.24) is 5.32 Å². The molecule has 0 aromatic heterocycles. The van der Waals surface area contributed by atoms with E-state index in [0.717, 1.165) is 22.4 Å². The second-order valence-electron chi connectivity index (χ2n) is 5.73. The molecule has 1 atom stereocenters. The standard InChI is InChI=1S/C18H19Cl3N2O/c1-11-8-9-15(13(3)10-11)22-17(18(19,20)21)23-16(24)14-7-5-4-6-12(14)2/h4-10,17,22H,1-3H3,(H,23,24)/t17-/m1/s1. The molecule has 24 heavy (non-hydrogen) atoms. The lowest BCUT2D eigenvalue weighted by Gasteiger charge is -2.28. The average Bonchev–Trinajstić information content (AvgIpc) is 2.48. The highest BCUT2D eigenvalue weighted by Crippen LogP contribution is 2.32. The third kappa shape index (κ3) is 4.79. The van der Waals surface area contributed by atoms with Gasteiger partial charge in [-0.3, -0.25) is 4.79 Å². The molecule has 2 rings (SSSR count). The molecule has 2 N–H and O–H groups in total. The Balaban J connectivity index is 2.23. The summed E-state index contributed by atoms with van der Waals surface area (Å²) in [6.45, 7) is 5.81. The summed E-state index contributed by atoms with van der Waals surface area (Å²) in [5.41, 5.74) is 4.32. The Hall–Kier alpha value is -1.42. The number of carbonyl (C=O) groups excluding carboxylic acids is 1. The first-order valence-electron chi connectivity index (χ1n) is 7.45. The minimum atomic E-state index is -1.71. The second-order valence-corrected chi connectivity index (χ2v) is 8.09. The Bertz CT molecular complexity index is 741. The van der Waals surface area contributed by atoms with Crippen molar-refractivity contribution in [3.8, 4) is 0 Å². The van der Waals surface area contributed by atoms with Crippen LogP contribution < -0.4 is 10.6 Å². The Kier molecular flexibility index (Phi) is 6.02. The van der Waals surface area contributed by atoms with Crippen LogP contribution in [0.15, 0.2) is 42.5 Å². The van der Waals surface area contributed by atoms with Gasteiger partial charge in [0.05, 0.1) is 0 Å². The van der Waals surface area contributed by atoms with E-state index in [4.69, 9.17) is 34.8 Å². The molecule has 0 heterocycles. The molecule has 1 amide bonds. The highest BCUT2D eigenvalue weighted by Gasteiger charge is 2.34. The quantitative estimate of drug-likeness (QED) is 0.564. The topological polar surface area (TPSA) is 41.1 Å². The monoisotopic (exact) mass is 384 g/mol. The maximum Gasteiger partial charge on any atom is 0.253 e. The van der Waals surface area contributed by atoms with E-state index in [1.165, 1.54) is 0 Å². The van der Waals surface area contributed by atoms with E-state index in [0.29, 0.717) is 5.56 Å². The van der Waals surface area contributed by atoms with Crippen LogP contribution in [-0.4, -0.2) is 15.9 Å². The van der Waals surface area contributed by atoms with E-state index in [2.05, 4.69) is 10.6 Å². The molecular weight excluding hydrogens is 367 g/mol. The molecule has 0 unspecified atom stereocenters. The number of amides is 1. The first kappa shape index (κ1) is 18.9. The molecule has 3 nitrogen and oxygen atoms in total. The van der Waals surface area contributed by atoms with Gasteiger partial charge in [-0.15, -0.1) is 0 Å². The third-order valence-electron chi connectivity index (χ3n) is 3.67. The molecule has 0 aliphatic heterocycles. The number of hydrogen-bond acceptors (Lipinski definition) is 2. The van der Waals surface area contributed by atoms with Crippen LogP contribution in [0.5, 0.6) is 0 Å². The third-order valence-corrected chi connectivity index (χ3v) is 4.33. The minimum Gasteiger partial charge on any atom is -0.362 e. The molecule has 0 saturated carbocycles. The number of rotatable bonds is 4. The van der Waals surface area contributed by atoms with E-state index >= 15 is 0 Å². The molecule has 0 spiro atoms. The summed E-state index contributed by atoms with van der Waals surface area (Å²) < 4.78 is -1.71. The largest absolute Gasteiger partial charge is 0.362 e. The lowest BCUT2D eigenvalue weighted by atomic mass is 10.1. The van der Waals surface area contributed by atoms with E-state index < -0.39 is 9.96 Å². The number of benzene rings is 2. The van der Waals surface area contributed by atoms with Crippen molar-refractivity contribution in [3.05, 3.63) is 64.7 Å². The van der Waals surface area contributed by atoms with Gasteiger partial charge in [0.25, 0.3) is 5.91 Å². The Labute approximate surface area is 157 Å². The zero-order valence-electron chi connectivity index (χ0n) is 13.7. The Morgan fingerprint density at radius 2 is 1.67 bits per heavy atom. The van der Waals surface area contributed by atoms with Crippen LogP contribution in [0.3, 0.4) is 0 Å². The van der Waals surface area contributed by atoms with Gasteiger partial charge in [0, 0.05) is 11.3 Å². The molecule has 0 fully saturated rings. The summed E-state index contributed by atoms with van der Waals surface area (Å²) >= 11 is 18.2. The van der Waals surface area contributed by atoms with Gasteiger partial charge in [-0.1, -0.05) is 70.7 Å². The number of nitrogens with one attached hydrogen (secondary N) is 2. The zero-order valence-corrected chi connectivity index (χ0v) is 15.9. The lowest BCUT2D eigenvalue weighted by Crippen LogP contribution is -2.49. The maximum absolute atomic E-state index is 12.5. The van der Waals surface area contributed by atoms with Crippen molar-refractivity contribution < 1.29 is 4.79 Å². The van der Waals surface area contributed by atoms with Crippen molar-refractivity contribution in [3.63, 3.8) is 0 Å². The van der Waals surface area contributed by atoms with Gasteiger partial charge < -0.3 is 10.6 Å². The van der Waals surface area contributed by atoms with E-state index in [1.54, 1.807) is 12.1 Å². The fourth-order valence-electron chi connectivity index (χ4n) is 2.37. The van der Waals surface area contributed by atoms with E-state index in [-0.39, 0.29) is 5.91 Å². The van der Waals surface area contributed by atoms with Gasteiger partial charge in [0.15, 0.2) is 0 Å². The smallest absolute Gasteiger partial charge is 0.253 e. The molecule has 0 radical (unpaired) electrons. The zero-order chi connectivity index (χ0) is 17.9.